The van der Waals surface area contributed by atoms with Crippen LogP contribution in [-0.4, -0.2) is 42.6 Å². The van der Waals surface area contributed by atoms with E-state index in [9.17, 15) is 10.1 Å². The molecule has 0 atom stereocenters. The molecule has 1 aliphatic rings. The number of hydrogen-bond donors (Lipinski definition) is 1. The highest BCUT2D eigenvalue weighted by molar-refractivity contribution is 5.82. The summed E-state index contributed by atoms with van der Waals surface area (Å²) in [5.74, 6) is 0.0973. The second-order valence-corrected chi connectivity index (χ2v) is 5.07. The Hall–Kier alpha value is -2.06. The second-order valence-electron chi connectivity index (χ2n) is 5.07. The number of benzene rings is 1. The SMILES string of the molecule is CN(CC(=O)N1CCCC1)c1ccc(CO)cc1C#N. The average molecular weight is 273 g/mol. The summed E-state index contributed by atoms with van der Waals surface area (Å²) < 4.78 is 0. The first-order valence-electron chi connectivity index (χ1n) is 6.78. The highest BCUT2D eigenvalue weighted by atomic mass is 16.3. The minimum absolute atomic E-state index is 0.0919. The van der Waals surface area contributed by atoms with Crippen molar-refractivity contribution in [2.24, 2.45) is 0 Å². The molecule has 1 aliphatic heterocycles. The maximum absolute atomic E-state index is 12.1. The zero-order chi connectivity index (χ0) is 14.5. The van der Waals surface area contributed by atoms with E-state index in [1.54, 1.807) is 23.1 Å². The van der Waals surface area contributed by atoms with Crippen LogP contribution in [0.15, 0.2) is 18.2 Å². The summed E-state index contributed by atoms with van der Waals surface area (Å²) in [6.07, 6.45) is 2.15. The molecule has 5 heteroatoms. The van der Waals surface area contributed by atoms with Crippen LogP contribution in [-0.2, 0) is 11.4 Å². The number of amides is 1. The van der Waals surface area contributed by atoms with Crippen molar-refractivity contribution in [2.45, 2.75) is 19.4 Å². The standard InChI is InChI=1S/C15H19N3O2/c1-17(10-15(20)18-6-2-3-7-18)14-5-4-12(11-19)8-13(14)9-16/h4-5,8,19H,2-3,6-7,10-11H2,1H3. The third-order valence-corrected chi connectivity index (χ3v) is 3.61. The van der Waals surface area contributed by atoms with Gasteiger partial charge in [-0.2, -0.15) is 5.26 Å². The van der Waals surface area contributed by atoms with E-state index in [0.717, 1.165) is 31.6 Å². The van der Waals surface area contributed by atoms with Gasteiger partial charge in [0.15, 0.2) is 0 Å². The number of nitriles is 1. The highest BCUT2D eigenvalue weighted by Crippen LogP contribution is 2.21. The molecule has 0 bridgehead atoms. The zero-order valence-electron chi connectivity index (χ0n) is 11.7. The van der Waals surface area contributed by atoms with Gasteiger partial charge in [0, 0.05) is 20.1 Å². The van der Waals surface area contributed by atoms with E-state index in [1.807, 2.05) is 11.9 Å². The van der Waals surface area contributed by atoms with Crippen molar-refractivity contribution < 1.29 is 9.90 Å². The van der Waals surface area contributed by atoms with Gasteiger partial charge in [-0.1, -0.05) is 6.07 Å². The van der Waals surface area contributed by atoms with E-state index in [0.29, 0.717) is 11.1 Å². The van der Waals surface area contributed by atoms with Crippen molar-refractivity contribution >= 4 is 11.6 Å². The molecule has 0 aromatic heterocycles. The van der Waals surface area contributed by atoms with Crippen LogP contribution >= 0.6 is 0 Å². The monoisotopic (exact) mass is 273 g/mol. The molecule has 106 valence electrons. The summed E-state index contributed by atoms with van der Waals surface area (Å²) in [4.78, 5) is 15.8. The van der Waals surface area contributed by atoms with Crippen LogP contribution in [0.5, 0.6) is 0 Å². The van der Waals surface area contributed by atoms with E-state index >= 15 is 0 Å². The summed E-state index contributed by atoms with van der Waals surface area (Å²) in [5, 5.41) is 18.3. The Morgan fingerprint density at radius 3 is 2.75 bits per heavy atom. The van der Waals surface area contributed by atoms with E-state index in [4.69, 9.17) is 5.11 Å². The predicted molar refractivity (Wildman–Crippen MR) is 76.2 cm³/mol. The summed E-state index contributed by atoms with van der Waals surface area (Å²) in [6, 6.07) is 7.33. The Balaban J connectivity index is 2.10. The molecule has 20 heavy (non-hydrogen) atoms. The van der Waals surface area contributed by atoms with Crippen molar-refractivity contribution in [2.75, 3.05) is 31.6 Å². The van der Waals surface area contributed by atoms with E-state index in [1.165, 1.54) is 0 Å². The first kappa shape index (κ1) is 14.4. The lowest BCUT2D eigenvalue weighted by molar-refractivity contribution is -0.128. The normalized spacial score (nSPS) is 14.2. The zero-order valence-corrected chi connectivity index (χ0v) is 11.7. The number of aliphatic hydroxyl groups is 1. The van der Waals surface area contributed by atoms with Crippen molar-refractivity contribution in [3.63, 3.8) is 0 Å². The molecule has 1 N–H and O–H groups in total. The first-order valence-corrected chi connectivity index (χ1v) is 6.78. The van der Waals surface area contributed by atoms with Gasteiger partial charge in [-0.05, 0) is 30.5 Å². The number of aliphatic hydroxyl groups excluding tert-OH is 1. The number of carbonyl (C=O) groups is 1. The van der Waals surface area contributed by atoms with Crippen molar-refractivity contribution in [1.82, 2.24) is 4.90 Å². The molecule has 5 nitrogen and oxygen atoms in total. The number of hydrogen-bond acceptors (Lipinski definition) is 4. The van der Waals surface area contributed by atoms with E-state index < -0.39 is 0 Å². The van der Waals surface area contributed by atoms with Crippen LogP contribution in [0, 0.1) is 11.3 Å². The first-order chi connectivity index (χ1) is 9.65. The van der Waals surface area contributed by atoms with E-state index in [-0.39, 0.29) is 19.1 Å². The molecule has 1 aromatic carbocycles. The highest BCUT2D eigenvalue weighted by Gasteiger charge is 2.20. The van der Waals surface area contributed by atoms with Crippen LogP contribution in [0.3, 0.4) is 0 Å². The summed E-state index contributed by atoms with van der Waals surface area (Å²) in [6.45, 7) is 1.85. The Labute approximate surface area is 119 Å². The van der Waals surface area contributed by atoms with Gasteiger partial charge in [0.05, 0.1) is 24.4 Å². The van der Waals surface area contributed by atoms with Gasteiger partial charge in [0.1, 0.15) is 6.07 Å². The summed E-state index contributed by atoms with van der Waals surface area (Å²) in [5.41, 5.74) is 1.90. The molecule has 1 saturated heterocycles. The maximum atomic E-state index is 12.1. The van der Waals surface area contributed by atoms with Gasteiger partial charge in [-0.25, -0.2) is 0 Å². The Bertz CT molecular complexity index is 530. The number of rotatable bonds is 4. The lowest BCUT2D eigenvalue weighted by Crippen LogP contribution is -2.37. The molecule has 0 unspecified atom stereocenters. The third-order valence-electron chi connectivity index (χ3n) is 3.61. The molecule has 1 fully saturated rings. The van der Waals surface area contributed by atoms with Crippen LogP contribution in [0.4, 0.5) is 5.69 Å². The minimum Gasteiger partial charge on any atom is -0.392 e. The quantitative estimate of drug-likeness (QED) is 0.892. The molecular formula is C15H19N3O2. The van der Waals surface area contributed by atoms with Crippen molar-refractivity contribution in [3.05, 3.63) is 29.3 Å². The largest absolute Gasteiger partial charge is 0.392 e. The second kappa shape index (κ2) is 6.40. The predicted octanol–water partition coefficient (Wildman–Crippen LogP) is 1.11. The number of likely N-dealkylation sites (tertiary alicyclic amines) is 1. The topological polar surface area (TPSA) is 67.6 Å². The lowest BCUT2D eigenvalue weighted by atomic mass is 10.1. The van der Waals surface area contributed by atoms with Gasteiger partial charge in [0.2, 0.25) is 5.91 Å². The number of nitrogens with zero attached hydrogens (tertiary/aromatic N) is 3. The molecule has 1 aromatic rings. The van der Waals surface area contributed by atoms with Gasteiger partial charge in [-0.15, -0.1) is 0 Å². The smallest absolute Gasteiger partial charge is 0.242 e. The molecule has 2 rings (SSSR count). The number of anilines is 1. The van der Waals surface area contributed by atoms with Crippen molar-refractivity contribution in [3.8, 4) is 6.07 Å². The van der Waals surface area contributed by atoms with Crippen LogP contribution in [0.2, 0.25) is 0 Å². The Morgan fingerprint density at radius 2 is 2.15 bits per heavy atom. The van der Waals surface area contributed by atoms with Gasteiger partial charge in [0.25, 0.3) is 0 Å². The summed E-state index contributed by atoms with van der Waals surface area (Å²) in [7, 11) is 1.81. The van der Waals surface area contributed by atoms with Gasteiger partial charge in [-0.3, -0.25) is 4.79 Å². The fourth-order valence-electron chi connectivity index (χ4n) is 2.46. The number of carbonyl (C=O) groups excluding carboxylic acids is 1. The number of likely N-dealkylation sites (N-methyl/N-ethyl adjacent to an activating group) is 1. The fourth-order valence-corrected chi connectivity index (χ4v) is 2.46. The maximum Gasteiger partial charge on any atom is 0.242 e. The Morgan fingerprint density at radius 1 is 1.45 bits per heavy atom. The average Bonchev–Trinajstić information content (AvgIpc) is 3.00. The van der Waals surface area contributed by atoms with Crippen LogP contribution in [0.1, 0.15) is 24.0 Å². The third kappa shape index (κ3) is 3.09. The lowest BCUT2D eigenvalue weighted by Gasteiger charge is -2.23. The van der Waals surface area contributed by atoms with Crippen molar-refractivity contribution in [1.29, 1.82) is 5.26 Å². The molecule has 0 aliphatic carbocycles. The van der Waals surface area contributed by atoms with Gasteiger partial charge >= 0.3 is 0 Å². The molecule has 1 heterocycles. The van der Waals surface area contributed by atoms with Crippen LogP contribution < -0.4 is 4.90 Å². The summed E-state index contributed by atoms with van der Waals surface area (Å²) >= 11 is 0. The van der Waals surface area contributed by atoms with E-state index in [2.05, 4.69) is 6.07 Å². The molecule has 0 radical (unpaired) electrons. The Kier molecular flexibility index (Phi) is 4.59. The molecular weight excluding hydrogens is 254 g/mol. The van der Waals surface area contributed by atoms with Crippen LogP contribution in [0.25, 0.3) is 0 Å². The minimum atomic E-state index is -0.0919. The molecule has 0 spiro atoms. The molecule has 0 saturated carbocycles. The van der Waals surface area contributed by atoms with Gasteiger partial charge < -0.3 is 14.9 Å². The fraction of sp³-hybridized carbons (Fsp3) is 0.467. The molecule has 1 amide bonds.